The quantitative estimate of drug-likeness (QED) is 0.575. The average Bonchev–Trinajstić information content (AvgIpc) is 1.94. The maximum Gasteiger partial charge on any atom is 0.134 e. The molecule has 1 nitrogen and oxygen atoms in total. The number of rotatable bonds is 0. The second kappa shape index (κ2) is 2.19. The van der Waals surface area contributed by atoms with Crippen LogP contribution in [0.3, 0.4) is 0 Å². The van der Waals surface area contributed by atoms with Gasteiger partial charge in [0.2, 0.25) is 0 Å². The summed E-state index contributed by atoms with van der Waals surface area (Å²) in [6.45, 7) is 7.33. The molecule has 1 aliphatic rings. The maximum atomic E-state index is 13.5. The first-order valence-electron chi connectivity index (χ1n) is 4.15. The van der Waals surface area contributed by atoms with Gasteiger partial charge >= 0.3 is 0 Å². The van der Waals surface area contributed by atoms with E-state index in [2.05, 4.69) is 0 Å². The molecule has 0 aliphatic heterocycles. The summed E-state index contributed by atoms with van der Waals surface area (Å²) < 4.78 is 13.5. The van der Waals surface area contributed by atoms with Crippen molar-refractivity contribution >= 4 is 0 Å². The standard InChI is InChI=1S/C9H17FO/c1-6-5-9(4,10)7(11)8(6,2)3/h6-7,11H,5H2,1-4H3/t6?,7-,9?/m0/s1. The third kappa shape index (κ3) is 1.18. The second-order valence-electron chi connectivity index (χ2n) is 4.61. The lowest BCUT2D eigenvalue weighted by Gasteiger charge is -2.29. The SMILES string of the molecule is CC1CC(C)(F)[C@@H](O)C1(C)C. The van der Waals surface area contributed by atoms with Gasteiger partial charge in [-0.3, -0.25) is 0 Å². The van der Waals surface area contributed by atoms with Crippen molar-refractivity contribution in [3.63, 3.8) is 0 Å². The Kier molecular flexibility index (Phi) is 1.79. The first kappa shape index (κ1) is 8.98. The van der Waals surface area contributed by atoms with Gasteiger partial charge in [-0.05, 0) is 24.7 Å². The molecule has 0 spiro atoms. The fourth-order valence-electron chi connectivity index (χ4n) is 2.02. The Hall–Kier alpha value is -0.110. The van der Waals surface area contributed by atoms with Crippen LogP contribution in [-0.4, -0.2) is 16.9 Å². The molecular weight excluding hydrogens is 143 g/mol. The number of halogens is 1. The first-order valence-corrected chi connectivity index (χ1v) is 4.15. The average molecular weight is 160 g/mol. The molecule has 0 aromatic carbocycles. The molecule has 2 heteroatoms. The summed E-state index contributed by atoms with van der Waals surface area (Å²) in [6, 6.07) is 0. The van der Waals surface area contributed by atoms with Crippen LogP contribution in [0.2, 0.25) is 0 Å². The van der Waals surface area contributed by atoms with E-state index in [-0.39, 0.29) is 11.3 Å². The monoisotopic (exact) mass is 160 g/mol. The van der Waals surface area contributed by atoms with E-state index >= 15 is 0 Å². The number of aliphatic hydroxyl groups is 1. The maximum absolute atomic E-state index is 13.5. The van der Waals surface area contributed by atoms with Gasteiger partial charge in [0.25, 0.3) is 0 Å². The van der Waals surface area contributed by atoms with Crippen molar-refractivity contribution in [3.8, 4) is 0 Å². The summed E-state index contributed by atoms with van der Waals surface area (Å²) in [5.74, 6) is 0.257. The minimum Gasteiger partial charge on any atom is -0.389 e. The fourth-order valence-corrected chi connectivity index (χ4v) is 2.02. The van der Waals surface area contributed by atoms with Crippen molar-refractivity contribution in [3.05, 3.63) is 0 Å². The van der Waals surface area contributed by atoms with Gasteiger partial charge in [0.05, 0.1) is 6.10 Å². The van der Waals surface area contributed by atoms with E-state index in [1.165, 1.54) is 6.92 Å². The topological polar surface area (TPSA) is 20.2 Å². The predicted molar refractivity (Wildman–Crippen MR) is 43.1 cm³/mol. The van der Waals surface area contributed by atoms with Crippen LogP contribution in [0.25, 0.3) is 0 Å². The molecule has 0 aromatic rings. The van der Waals surface area contributed by atoms with Gasteiger partial charge in [-0.25, -0.2) is 4.39 Å². The third-order valence-corrected chi connectivity index (χ3v) is 3.25. The summed E-state index contributed by atoms with van der Waals surface area (Å²) in [6.07, 6.45) is -0.341. The Bertz CT molecular complexity index is 163. The van der Waals surface area contributed by atoms with Gasteiger partial charge in [0, 0.05) is 0 Å². The zero-order valence-electron chi connectivity index (χ0n) is 7.69. The lowest BCUT2D eigenvalue weighted by molar-refractivity contribution is -0.0253. The lowest BCUT2D eigenvalue weighted by Crippen LogP contribution is -2.37. The number of alkyl halides is 1. The molecule has 1 saturated carbocycles. The zero-order chi connectivity index (χ0) is 8.86. The number of aliphatic hydroxyl groups excluding tert-OH is 1. The predicted octanol–water partition coefficient (Wildman–Crippen LogP) is 2.14. The molecule has 0 amide bonds. The summed E-state index contributed by atoms with van der Waals surface area (Å²) >= 11 is 0. The van der Waals surface area contributed by atoms with Crippen LogP contribution in [-0.2, 0) is 0 Å². The van der Waals surface area contributed by atoms with Crippen molar-refractivity contribution in [2.75, 3.05) is 0 Å². The summed E-state index contributed by atoms with van der Waals surface area (Å²) in [7, 11) is 0. The minimum absolute atomic E-state index is 0.257. The number of hydrogen-bond donors (Lipinski definition) is 1. The van der Waals surface area contributed by atoms with Crippen LogP contribution in [0.1, 0.15) is 34.1 Å². The molecule has 1 fully saturated rings. The van der Waals surface area contributed by atoms with Gasteiger partial charge in [-0.15, -0.1) is 0 Å². The molecule has 1 rings (SSSR count). The van der Waals surface area contributed by atoms with E-state index in [0.29, 0.717) is 6.42 Å². The molecule has 0 heterocycles. The van der Waals surface area contributed by atoms with Crippen LogP contribution in [0.4, 0.5) is 4.39 Å². The molecule has 11 heavy (non-hydrogen) atoms. The Labute approximate surface area is 67.6 Å². The summed E-state index contributed by atoms with van der Waals surface area (Å²) in [4.78, 5) is 0. The molecule has 0 saturated heterocycles. The highest BCUT2D eigenvalue weighted by molar-refractivity contribution is 5.03. The largest absolute Gasteiger partial charge is 0.389 e. The van der Waals surface area contributed by atoms with Crippen LogP contribution < -0.4 is 0 Å². The van der Waals surface area contributed by atoms with E-state index in [1.807, 2.05) is 20.8 Å². The van der Waals surface area contributed by atoms with E-state index < -0.39 is 11.8 Å². The van der Waals surface area contributed by atoms with Gasteiger partial charge in [0.1, 0.15) is 5.67 Å². The van der Waals surface area contributed by atoms with Crippen molar-refractivity contribution in [1.29, 1.82) is 0 Å². The zero-order valence-corrected chi connectivity index (χ0v) is 7.69. The van der Waals surface area contributed by atoms with E-state index in [1.54, 1.807) is 0 Å². The minimum atomic E-state index is -1.39. The van der Waals surface area contributed by atoms with E-state index in [4.69, 9.17) is 0 Å². The molecular formula is C9H17FO. The van der Waals surface area contributed by atoms with Gasteiger partial charge in [0.15, 0.2) is 0 Å². The van der Waals surface area contributed by atoms with Crippen LogP contribution in [0, 0.1) is 11.3 Å². The first-order chi connectivity index (χ1) is 4.78. The highest BCUT2D eigenvalue weighted by Crippen LogP contribution is 2.49. The lowest BCUT2D eigenvalue weighted by atomic mass is 9.81. The van der Waals surface area contributed by atoms with Crippen molar-refractivity contribution in [1.82, 2.24) is 0 Å². The molecule has 0 radical (unpaired) electrons. The highest BCUT2D eigenvalue weighted by atomic mass is 19.1. The second-order valence-corrected chi connectivity index (χ2v) is 4.61. The number of hydrogen-bond acceptors (Lipinski definition) is 1. The Morgan fingerprint density at radius 1 is 1.36 bits per heavy atom. The summed E-state index contributed by atoms with van der Waals surface area (Å²) in [5, 5.41) is 9.58. The van der Waals surface area contributed by atoms with Crippen molar-refractivity contribution in [2.45, 2.75) is 45.9 Å². The van der Waals surface area contributed by atoms with Crippen LogP contribution >= 0.6 is 0 Å². The summed E-state index contributed by atoms with van der Waals surface area (Å²) in [5.41, 5.74) is -1.66. The normalized spacial score (nSPS) is 49.6. The Balaban J connectivity index is 2.89. The van der Waals surface area contributed by atoms with Crippen LogP contribution in [0.5, 0.6) is 0 Å². The molecule has 66 valence electrons. The van der Waals surface area contributed by atoms with Gasteiger partial charge in [-0.1, -0.05) is 20.8 Å². The Morgan fingerprint density at radius 3 is 1.91 bits per heavy atom. The van der Waals surface area contributed by atoms with Gasteiger partial charge < -0.3 is 5.11 Å². The fraction of sp³-hybridized carbons (Fsp3) is 1.00. The van der Waals surface area contributed by atoms with Crippen molar-refractivity contribution < 1.29 is 9.50 Å². The molecule has 3 atom stereocenters. The third-order valence-electron chi connectivity index (χ3n) is 3.25. The molecule has 0 aromatic heterocycles. The van der Waals surface area contributed by atoms with Crippen LogP contribution in [0.15, 0.2) is 0 Å². The van der Waals surface area contributed by atoms with E-state index in [0.717, 1.165) is 0 Å². The molecule has 1 N–H and O–H groups in total. The van der Waals surface area contributed by atoms with E-state index in [9.17, 15) is 9.50 Å². The highest BCUT2D eigenvalue weighted by Gasteiger charge is 2.53. The molecule has 2 unspecified atom stereocenters. The van der Waals surface area contributed by atoms with Crippen molar-refractivity contribution in [2.24, 2.45) is 11.3 Å². The van der Waals surface area contributed by atoms with Gasteiger partial charge in [-0.2, -0.15) is 0 Å². The smallest absolute Gasteiger partial charge is 0.134 e. The Morgan fingerprint density at radius 2 is 1.82 bits per heavy atom. The molecule has 0 bridgehead atoms. The molecule has 1 aliphatic carbocycles.